The van der Waals surface area contributed by atoms with Crippen molar-refractivity contribution in [1.29, 1.82) is 0 Å². The molecule has 0 amide bonds. The van der Waals surface area contributed by atoms with Gasteiger partial charge < -0.3 is 10.0 Å². The fourth-order valence-electron chi connectivity index (χ4n) is 1.78. The predicted molar refractivity (Wildman–Crippen MR) is 66.6 cm³/mol. The Morgan fingerprint density at radius 1 is 1.11 bits per heavy atom. The van der Waals surface area contributed by atoms with Crippen molar-refractivity contribution in [3.8, 4) is 5.75 Å². The van der Waals surface area contributed by atoms with Gasteiger partial charge in [-0.1, -0.05) is 12.1 Å². The van der Waals surface area contributed by atoms with Crippen molar-refractivity contribution in [2.24, 2.45) is 0 Å². The van der Waals surface area contributed by atoms with Crippen LogP contribution >= 0.6 is 0 Å². The van der Waals surface area contributed by atoms with Crippen LogP contribution in [-0.4, -0.2) is 12.2 Å². The van der Waals surface area contributed by atoms with Gasteiger partial charge in [0.25, 0.3) is 0 Å². The molecule has 0 aliphatic carbocycles. The first-order valence-corrected chi connectivity index (χ1v) is 5.51. The number of phenols is 1. The Morgan fingerprint density at radius 3 is 2.56 bits per heavy atom. The molecule has 2 nitrogen and oxygen atoms in total. The normalized spacial score (nSPS) is 10.4. The van der Waals surface area contributed by atoms with Crippen LogP contribution in [0.5, 0.6) is 5.75 Å². The number of anilines is 1. The molecule has 0 radical (unpaired) electrons. The maximum atomic E-state index is 13.5. The Bertz CT molecular complexity index is 557. The van der Waals surface area contributed by atoms with Gasteiger partial charge >= 0.3 is 0 Å². The molecule has 0 aromatic heterocycles. The molecule has 4 heteroatoms. The average Bonchev–Trinajstić information content (AvgIpc) is 2.34. The SMILES string of the molecule is CN(Cc1cc(F)ccc1O)c1ccccc1F. The minimum absolute atomic E-state index is 0.000380. The minimum Gasteiger partial charge on any atom is -0.508 e. The van der Waals surface area contributed by atoms with Crippen molar-refractivity contribution < 1.29 is 13.9 Å². The summed E-state index contributed by atoms with van der Waals surface area (Å²) in [5, 5.41) is 9.61. The van der Waals surface area contributed by atoms with Crippen molar-refractivity contribution in [2.75, 3.05) is 11.9 Å². The topological polar surface area (TPSA) is 23.5 Å². The van der Waals surface area contributed by atoms with Crippen LogP contribution in [0.15, 0.2) is 42.5 Å². The third kappa shape index (κ3) is 2.59. The van der Waals surface area contributed by atoms with Crippen LogP contribution in [0.25, 0.3) is 0 Å². The van der Waals surface area contributed by atoms with Gasteiger partial charge in [0.15, 0.2) is 0 Å². The van der Waals surface area contributed by atoms with E-state index in [1.165, 1.54) is 24.3 Å². The van der Waals surface area contributed by atoms with Gasteiger partial charge in [-0.15, -0.1) is 0 Å². The summed E-state index contributed by atoms with van der Waals surface area (Å²) in [6.45, 7) is 0.227. The number of para-hydroxylation sites is 1. The maximum absolute atomic E-state index is 13.5. The molecule has 0 unspecified atom stereocenters. The molecule has 0 atom stereocenters. The number of nitrogens with zero attached hydrogens (tertiary/aromatic N) is 1. The Labute approximate surface area is 104 Å². The van der Waals surface area contributed by atoms with E-state index in [0.717, 1.165) is 0 Å². The summed E-state index contributed by atoms with van der Waals surface area (Å²) in [4.78, 5) is 1.61. The Kier molecular flexibility index (Phi) is 3.46. The van der Waals surface area contributed by atoms with E-state index >= 15 is 0 Å². The fourth-order valence-corrected chi connectivity index (χ4v) is 1.78. The summed E-state index contributed by atoms with van der Waals surface area (Å²) in [6, 6.07) is 10.0. The molecule has 94 valence electrons. The van der Waals surface area contributed by atoms with Crippen LogP contribution in [0.3, 0.4) is 0 Å². The van der Waals surface area contributed by atoms with Gasteiger partial charge in [0.05, 0.1) is 5.69 Å². The number of hydrogen-bond acceptors (Lipinski definition) is 2. The molecule has 2 rings (SSSR count). The van der Waals surface area contributed by atoms with Crippen LogP contribution in [0.1, 0.15) is 5.56 Å². The van der Waals surface area contributed by atoms with E-state index in [9.17, 15) is 13.9 Å². The molecule has 1 N–H and O–H groups in total. The molecule has 0 fully saturated rings. The van der Waals surface area contributed by atoms with Gasteiger partial charge in [0.2, 0.25) is 0 Å². The van der Waals surface area contributed by atoms with Gasteiger partial charge in [0.1, 0.15) is 17.4 Å². The van der Waals surface area contributed by atoms with E-state index < -0.39 is 5.82 Å². The molecule has 2 aromatic carbocycles. The molecule has 0 spiro atoms. The molecule has 0 saturated heterocycles. The lowest BCUT2D eigenvalue weighted by atomic mass is 10.1. The monoisotopic (exact) mass is 249 g/mol. The molecule has 0 aliphatic rings. The highest BCUT2D eigenvalue weighted by molar-refractivity contribution is 5.48. The first kappa shape index (κ1) is 12.4. The highest BCUT2D eigenvalue weighted by Gasteiger charge is 2.10. The van der Waals surface area contributed by atoms with Gasteiger partial charge in [-0.2, -0.15) is 0 Å². The zero-order chi connectivity index (χ0) is 13.1. The molecule has 0 saturated carbocycles. The summed E-state index contributed by atoms with van der Waals surface area (Å²) in [5.74, 6) is -0.778. The molecule has 18 heavy (non-hydrogen) atoms. The van der Waals surface area contributed by atoms with Crippen molar-refractivity contribution in [2.45, 2.75) is 6.54 Å². The highest BCUT2D eigenvalue weighted by Crippen LogP contribution is 2.23. The summed E-state index contributed by atoms with van der Waals surface area (Å²) in [6.07, 6.45) is 0. The van der Waals surface area contributed by atoms with Crippen LogP contribution in [0, 0.1) is 11.6 Å². The van der Waals surface area contributed by atoms with Gasteiger partial charge in [-0.3, -0.25) is 0 Å². The number of halogens is 2. The number of rotatable bonds is 3. The quantitative estimate of drug-likeness (QED) is 0.902. The van der Waals surface area contributed by atoms with E-state index in [4.69, 9.17) is 0 Å². The van der Waals surface area contributed by atoms with Gasteiger partial charge in [0, 0.05) is 19.2 Å². The standard InChI is InChI=1S/C14H13F2NO/c1-17(13-5-3-2-4-12(13)16)9-10-8-11(15)6-7-14(10)18/h2-8,18H,9H2,1H3. The third-order valence-electron chi connectivity index (χ3n) is 2.71. The number of aromatic hydroxyl groups is 1. The maximum Gasteiger partial charge on any atom is 0.146 e. The van der Waals surface area contributed by atoms with Gasteiger partial charge in [-0.25, -0.2) is 8.78 Å². The van der Waals surface area contributed by atoms with Crippen LogP contribution in [0.4, 0.5) is 14.5 Å². The molecule has 2 aromatic rings. The number of hydrogen-bond donors (Lipinski definition) is 1. The lowest BCUT2D eigenvalue weighted by molar-refractivity contribution is 0.465. The first-order chi connectivity index (χ1) is 8.58. The lowest BCUT2D eigenvalue weighted by Crippen LogP contribution is -2.17. The van der Waals surface area contributed by atoms with Gasteiger partial charge in [-0.05, 0) is 30.3 Å². The van der Waals surface area contributed by atoms with E-state index in [0.29, 0.717) is 11.3 Å². The van der Waals surface area contributed by atoms with Crippen LogP contribution < -0.4 is 4.90 Å². The van der Waals surface area contributed by atoms with E-state index in [1.54, 1.807) is 30.1 Å². The molecule has 0 aliphatic heterocycles. The van der Waals surface area contributed by atoms with E-state index in [2.05, 4.69) is 0 Å². The average molecular weight is 249 g/mol. The van der Waals surface area contributed by atoms with Crippen molar-refractivity contribution in [3.05, 3.63) is 59.7 Å². The summed E-state index contributed by atoms with van der Waals surface area (Å²) < 4.78 is 26.6. The summed E-state index contributed by atoms with van der Waals surface area (Å²) in [7, 11) is 1.68. The zero-order valence-electron chi connectivity index (χ0n) is 9.90. The van der Waals surface area contributed by atoms with E-state index in [-0.39, 0.29) is 18.1 Å². The number of benzene rings is 2. The van der Waals surface area contributed by atoms with Crippen molar-refractivity contribution in [1.82, 2.24) is 0 Å². The molecule has 0 heterocycles. The lowest BCUT2D eigenvalue weighted by Gasteiger charge is -2.20. The molecular formula is C14H13F2NO. The third-order valence-corrected chi connectivity index (χ3v) is 2.71. The summed E-state index contributed by atoms with van der Waals surface area (Å²) >= 11 is 0. The molecule has 0 bridgehead atoms. The molecular weight excluding hydrogens is 236 g/mol. The second kappa shape index (κ2) is 5.04. The van der Waals surface area contributed by atoms with E-state index in [1.807, 2.05) is 0 Å². The minimum atomic E-state index is -0.426. The Balaban J connectivity index is 2.24. The van der Waals surface area contributed by atoms with Crippen LogP contribution in [-0.2, 0) is 6.54 Å². The fraction of sp³-hybridized carbons (Fsp3) is 0.143. The highest BCUT2D eigenvalue weighted by atomic mass is 19.1. The second-order valence-electron chi connectivity index (χ2n) is 4.08. The van der Waals surface area contributed by atoms with Crippen molar-refractivity contribution >= 4 is 5.69 Å². The predicted octanol–water partition coefficient (Wildman–Crippen LogP) is 3.31. The largest absolute Gasteiger partial charge is 0.508 e. The van der Waals surface area contributed by atoms with Crippen LogP contribution in [0.2, 0.25) is 0 Å². The smallest absolute Gasteiger partial charge is 0.146 e. The number of phenolic OH excluding ortho intramolecular Hbond substituents is 1. The summed E-state index contributed by atoms with van der Waals surface area (Å²) in [5.41, 5.74) is 0.821. The first-order valence-electron chi connectivity index (χ1n) is 5.51. The Hall–Kier alpha value is -2.10. The second-order valence-corrected chi connectivity index (χ2v) is 4.08. The Morgan fingerprint density at radius 2 is 1.83 bits per heavy atom. The van der Waals surface area contributed by atoms with Crippen molar-refractivity contribution in [3.63, 3.8) is 0 Å². The zero-order valence-corrected chi connectivity index (χ0v) is 9.90.